The van der Waals surface area contributed by atoms with Gasteiger partial charge in [-0.3, -0.25) is 9.18 Å². The van der Waals surface area contributed by atoms with Crippen molar-refractivity contribution in [3.63, 3.8) is 0 Å². The molecule has 0 spiro atoms. The standard InChI is InChI=1S/C23H26FN5O.CH3F/c1-16-10-20-14-28(15-21(16)29(20)22-7-4-18(11-25)13-27-22)23(30)8-9-26-12-17-2-5-19(24)6-3-17;1-2/h2-7,13,16,20-21,26H,8-10,12,14-15H2,1H3;1H3/t16-,20?,21?;/m1./s1. The van der Waals surface area contributed by atoms with Crippen LogP contribution < -0.4 is 10.2 Å². The van der Waals surface area contributed by atoms with Gasteiger partial charge in [0.2, 0.25) is 5.91 Å². The summed E-state index contributed by atoms with van der Waals surface area (Å²) in [5, 5.41) is 12.3. The molecule has 1 amide bonds. The number of hydrogen-bond donors (Lipinski definition) is 1. The molecule has 8 heteroatoms. The Labute approximate surface area is 187 Å². The number of fused-ring (bicyclic) bond motifs is 2. The van der Waals surface area contributed by atoms with Gasteiger partial charge in [-0.05, 0) is 42.2 Å². The molecule has 170 valence electrons. The van der Waals surface area contributed by atoms with Crippen molar-refractivity contribution in [1.82, 2.24) is 15.2 Å². The number of nitriles is 1. The van der Waals surface area contributed by atoms with E-state index in [9.17, 15) is 13.6 Å². The van der Waals surface area contributed by atoms with E-state index in [1.54, 1.807) is 24.4 Å². The van der Waals surface area contributed by atoms with Crippen molar-refractivity contribution in [3.8, 4) is 6.07 Å². The van der Waals surface area contributed by atoms with Gasteiger partial charge in [0, 0.05) is 44.8 Å². The highest BCUT2D eigenvalue weighted by atomic mass is 19.1. The number of halogens is 2. The summed E-state index contributed by atoms with van der Waals surface area (Å²) >= 11 is 0. The Morgan fingerprint density at radius 3 is 2.59 bits per heavy atom. The predicted octanol–water partition coefficient (Wildman–Crippen LogP) is 3.28. The van der Waals surface area contributed by atoms with Gasteiger partial charge in [-0.25, -0.2) is 9.37 Å². The molecule has 2 bridgehead atoms. The van der Waals surface area contributed by atoms with Crippen molar-refractivity contribution in [2.45, 2.75) is 38.4 Å². The van der Waals surface area contributed by atoms with E-state index in [2.05, 4.69) is 28.2 Å². The lowest BCUT2D eigenvalue weighted by atomic mass is 10.0. The van der Waals surface area contributed by atoms with Gasteiger partial charge >= 0.3 is 0 Å². The van der Waals surface area contributed by atoms with Crippen molar-refractivity contribution in [1.29, 1.82) is 5.26 Å². The second-order valence-corrected chi connectivity index (χ2v) is 8.21. The molecule has 0 aliphatic carbocycles. The van der Waals surface area contributed by atoms with Gasteiger partial charge in [-0.2, -0.15) is 5.26 Å². The third-order valence-electron chi connectivity index (χ3n) is 6.14. The first-order chi connectivity index (χ1) is 15.5. The number of alkyl halides is 1. The number of anilines is 1. The Kier molecular flexibility index (Phi) is 8.12. The minimum atomic E-state index is -0.242. The van der Waals surface area contributed by atoms with Crippen LogP contribution in [0.4, 0.5) is 14.6 Å². The fraction of sp³-hybridized carbons (Fsp3) is 0.458. The molecule has 1 N–H and O–H groups in total. The van der Waals surface area contributed by atoms with E-state index in [0.29, 0.717) is 51.3 Å². The number of rotatable bonds is 6. The lowest BCUT2D eigenvalue weighted by Crippen LogP contribution is -2.56. The van der Waals surface area contributed by atoms with Crippen LogP contribution in [0.25, 0.3) is 0 Å². The van der Waals surface area contributed by atoms with Crippen molar-refractivity contribution in [2.24, 2.45) is 5.92 Å². The van der Waals surface area contributed by atoms with Gasteiger partial charge in [-0.1, -0.05) is 19.1 Å². The molecular weight excluding hydrogens is 412 g/mol. The van der Waals surface area contributed by atoms with Crippen LogP contribution in [0.15, 0.2) is 42.6 Å². The Morgan fingerprint density at radius 2 is 1.97 bits per heavy atom. The molecule has 3 atom stereocenters. The quantitative estimate of drug-likeness (QED) is 0.697. The number of carbonyl (C=O) groups excluding carboxylic acids is 1. The molecule has 4 rings (SSSR count). The number of benzene rings is 1. The minimum Gasteiger partial charge on any atom is -0.347 e. The molecule has 2 unspecified atom stereocenters. The molecule has 1 aromatic heterocycles. The summed E-state index contributed by atoms with van der Waals surface area (Å²) in [5.74, 6) is 1.30. The first-order valence-electron chi connectivity index (χ1n) is 10.8. The molecule has 6 nitrogen and oxygen atoms in total. The molecule has 1 aromatic carbocycles. The fourth-order valence-corrected chi connectivity index (χ4v) is 4.58. The highest BCUT2D eigenvalue weighted by Gasteiger charge is 2.45. The SMILES string of the molecule is CF.C[C@@H]1CC2CN(C(=O)CCNCc3ccc(F)cc3)CC1N2c1ccc(C#N)cn1. The van der Waals surface area contributed by atoms with E-state index < -0.39 is 0 Å². The van der Waals surface area contributed by atoms with Gasteiger partial charge in [0.15, 0.2) is 0 Å². The van der Waals surface area contributed by atoms with Gasteiger partial charge < -0.3 is 15.1 Å². The van der Waals surface area contributed by atoms with E-state index in [1.165, 1.54) is 12.1 Å². The second-order valence-electron chi connectivity index (χ2n) is 8.21. The van der Waals surface area contributed by atoms with Crippen LogP contribution in [0.2, 0.25) is 0 Å². The van der Waals surface area contributed by atoms with E-state index in [4.69, 9.17) is 5.26 Å². The first-order valence-corrected chi connectivity index (χ1v) is 10.8. The highest BCUT2D eigenvalue weighted by molar-refractivity contribution is 5.77. The molecule has 2 aromatic rings. The number of hydrogen-bond acceptors (Lipinski definition) is 5. The number of amides is 1. The van der Waals surface area contributed by atoms with Crippen LogP contribution in [0.1, 0.15) is 30.9 Å². The molecular formula is C24H29F2N5O. The average molecular weight is 442 g/mol. The number of pyridine rings is 1. The summed E-state index contributed by atoms with van der Waals surface area (Å²) in [6.07, 6.45) is 3.10. The lowest BCUT2D eigenvalue weighted by Gasteiger charge is -2.42. The fourth-order valence-electron chi connectivity index (χ4n) is 4.58. The zero-order valence-electron chi connectivity index (χ0n) is 18.5. The van der Waals surface area contributed by atoms with E-state index in [-0.39, 0.29) is 23.8 Å². The first kappa shape index (κ1) is 23.6. The Morgan fingerprint density at radius 1 is 1.22 bits per heavy atom. The lowest BCUT2D eigenvalue weighted by molar-refractivity contribution is -0.132. The molecule has 3 heterocycles. The Balaban J connectivity index is 0.00000141. The number of piperazine rings is 1. The van der Waals surface area contributed by atoms with Gasteiger partial charge in [0.1, 0.15) is 17.7 Å². The van der Waals surface area contributed by atoms with E-state index in [1.807, 2.05) is 11.0 Å². The summed E-state index contributed by atoms with van der Waals surface area (Å²) in [6, 6.07) is 12.7. The number of aromatic nitrogens is 1. The average Bonchev–Trinajstić information content (AvgIpc) is 3.02. The van der Waals surface area contributed by atoms with E-state index in [0.717, 1.165) is 17.8 Å². The smallest absolute Gasteiger partial charge is 0.223 e. The zero-order valence-corrected chi connectivity index (χ0v) is 18.5. The summed E-state index contributed by atoms with van der Waals surface area (Å²) in [7, 11) is 0.500. The van der Waals surface area contributed by atoms with Gasteiger partial charge in [-0.15, -0.1) is 0 Å². The zero-order chi connectivity index (χ0) is 23.1. The normalized spacial score (nSPS) is 21.5. The second kappa shape index (κ2) is 11.0. The summed E-state index contributed by atoms with van der Waals surface area (Å²) in [6.45, 7) is 4.86. The number of nitrogens with one attached hydrogen (secondary N) is 1. The van der Waals surface area contributed by atoms with Crippen molar-refractivity contribution in [2.75, 3.05) is 31.7 Å². The molecule has 32 heavy (non-hydrogen) atoms. The van der Waals surface area contributed by atoms with Crippen LogP contribution in [0.5, 0.6) is 0 Å². The third kappa shape index (κ3) is 5.40. The van der Waals surface area contributed by atoms with E-state index >= 15 is 0 Å². The molecule has 2 aliphatic heterocycles. The predicted molar refractivity (Wildman–Crippen MR) is 119 cm³/mol. The minimum absolute atomic E-state index is 0.165. The van der Waals surface area contributed by atoms with Crippen LogP contribution in [0, 0.1) is 23.1 Å². The van der Waals surface area contributed by atoms with Gasteiger partial charge in [0.25, 0.3) is 0 Å². The molecule has 2 aliphatic rings. The van der Waals surface area contributed by atoms with Crippen LogP contribution >= 0.6 is 0 Å². The maximum Gasteiger partial charge on any atom is 0.223 e. The molecule has 2 fully saturated rings. The van der Waals surface area contributed by atoms with Crippen molar-refractivity contribution in [3.05, 3.63) is 59.5 Å². The van der Waals surface area contributed by atoms with Crippen molar-refractivity contribution >= 4 is 11.7 Å². The maximum absolute atomic E-state index is 13.0. The largest absolute Gasteiger partial charge is 0.347 e. The molecule has 2 saturated heterocycles. The van der Waals surface area contributed by atoms with Crippen molar-refractivity contribution < 1.29 is 13.6 Å². The van der Waals surface area contributed by atoms with Gasteiger partial charge in [0.05, 0.1) is 18.8 Å². The van der Waals surface area contributed by atoms with Crippen LogP contribution in [-0.2, 0) is 11.3 Å². The number of carbonyl (C=O) groups is 1. The molecule has 0 radical (unpaired) electrons. The summed E-state index contributed by atoms with van der Waals surface area (Å²) in [5.41, 5.74) is 1.56. The summed E-state index contributed by atoms with van der Waals surface area (Å²) < 4.78 is 22.5. The number of likely N-dealkylation sites (tertiary alicyclic amines) is 1. The van der Waals surface area contributed by atoms with Crippen LogP contribution in [0.3, 0.4) is 0 Å². The highest BCUT2D eigenvalue weighted by Crippen LogP contribution is 2.37. The third-order valence-corrected chi connectivity index (χ3v) is 6.14. The Hall–Kier alpha value is -3.05. The maximum atomic E-state index is 13.0. The molecule has 0 saturated carbocycles. The summed E-state index contributed by atoms with van der Waals surface area (Å²) in [4.78, 5) is 21.6. The topological polar surface area (TPSA) is 72.3 Å². The monoisotopic (exact) mass is 441 g/mol. The van der Waals surface area contributed by atoms with Crippen LogP contribution in [-0.4, -0.2) is 54.7 Å². The Bertz CT molecular complexity index is 929. The number of nitrogens with zero attached hydrogens (tertiary/aromatic N) is 4.